The molecule has 0 aliphatic carbocycles. The lowest BCUT2D eigenvalue weighted by Gasteiger charge is -2.13. The summed E-state index contributed by atoms with van der Waals surface area (Å²) in [6.07, 6.45) is 1.41. The second-order valence-electron chi connectivity index (χ2n) is 12.8. The van der Waals surface area contributed by atoms with Crippen LogP contribution < -0.4 is 0 Å². The third kappa shape index (κ3) is 10.2. The first-order chi connectivity index (χ1) is 25.1. The van der Waals surface area contributed by atoms with Crippen molar-refractivity contribution in [3.63, 3.8) is 0 Å². The first kappa shape index (κ1) is 37.6. The summed E-state index contributed by atoms with van der Waals surface area (Å²) in [5.41, 5.74) is 5.77. The van der Waals surface area contributed by atoms with Crippen molar-refractivity contribution in [2.24, 2.45) is 0 Å². The minimum atomic E-state index is -0.534. The summed E-state index contributed by atoms with van der Waals surface area (Å²) in [5, 5.41) is 0. The molecule has 52 heavy (non-hydrogen) atoms. The third-order valence-corrected chi connectivity index (χ3v) is 9.21. The molecule has 2 unspecified atom stereocenters. The molecule has 0 radical (unpaired) electrons. The zero-order valence-electron chi connectivity index (χ0n) is 29.2. The predicted molar refractivity (Wildman–Crippen MR) is 200 cm³/mol. The van der Waals surface area contributed by atoms with E-state index in [9.17, 15) is 27.2 Å². The molecule has 0 spiro atoms. The molecular formula is C46H40F4O2. The van der Waals surface area contributed by atoms with E-state index in [1.807, 2.05) is 72.8 Å². The highest BCUT2D eigenvalue weighted by atomic mass is 19.1. The third-order valence-electron chi connectivity index (χ3n) is 9.21. The molecule has 2 nitrogen and oxygen atoms in total. The maximum Gasteiger partial charge on any atom is 0.140 e. The van der Waals surface area contributed by atoms with Crippen molar-refractivity contribution < 1.29 is 27.2 Å². The number of hydrogen-bond donors (Lipinski definition) is 0. The fourth-order valence-electron chi connectivity index (χ4n) is 6.08. The highest BCUT2D eigenvalue weighted by Crippen LogP contribution is 2.29. The van der Waals surface area contributed by atoms with Crippen molar-refractivity contribution in [3.05, 3.63) is 191 Å². The predicted octanol–water partition coefficient (Wildman–Crippen LogP) is 11.9. The van der Waals surface area contributed by atoms with E-state index in [1.54, 1.807) is 50.2 Å². The Labute approximate surface area is 302 Å². The summed E-state index contributed by atoms with van der Waals surface area (Å²) in [7, 11) is 0. The Morgan fingerprint density at radius 1 is 0.442 bits per heavy atom. The summed E-state index contributed by atoms with van der Waals surface area (Å²) in [6.45, 7) is 3.43. The summed E-state index contributed by atoms with van der Waals surface area (Å²) >= 11 is 0. The first-order valence-corrected chi connectivity index (χ1v) is 17.3. The minimum absolute atomic E-state index is 0.0550. The van der Waals surface area contributed by atoms with Crippen LogP contribution in [0.25, 0.3) is 22.3 Å². The Kier molecular flexibility index (Phi) is 13.1. The quantitative estimate of drug-likeness (QED) is 0.119. The lowest BCUT2D eigenvalue weighted by Crippen LogP contribution is -2.12. The highest BCUT2D eigenvalue weighted by Gasteiger charge is 2.20. The Balaban J connectivity index is 0.000000201. The van der Waals surface area contributed by atoms with Crippen LogP contribution in [0.3, 0.4) is 0 Å². The van der Waals surface area contributed by atoms with Crippen LogP contribution in [-0.4, -0.2) is 11.6 Å². The number of benzene rings is 6. The summed E-state index contributed by atoms with van der Waals surface area (Å²) < 4.78 is 55.5. The van der Waals surface area contributed by atoms with Crippen molar-refractivity contribution >= 4 is 11.6 Å². The van der Waals surface area contributed by atoms with Crippen LogP contribution in [0.4, 0.5) is 17.6 Å². The Morgan fingerprint density at radius 2 is 0.827 bits per heavy atom. The molecule has 6 aromatic rings. The summed E-state index contributed by atoms with van der Waals surface area (Å²) in [6, 6.07) is 41.5. The van der Waals surface area contributed by atoms with Crippen molar-refractivity contribution in [1.29, 1.82) is 0 Å². The minimum Gasteiger partial charge on any atom is -0.299 e. The molecule has 0 aliphatic rings. The average Bonchev–Trinajstić information content (AvgIpc) is 3.16. The van der Waals surface area contributed by atoms with Crippen molar-refractivity contribution in [2.45, 2.75) is 51.4 Å². The van der Waals surface area contributed by atoms with Gasteiger partial charge in [0.05, 0.1) is 0 Å². The molecule has 0 aliphatic heterocycles. The van der Waals surface area contributed by atoms with Crippen molar-refractivity contribution in [3.8, 4) is 22.3 Å². The molecule has 0 heterocycles. The van der Waals surface area contributed by atoms with E-state index in [2.05, 4.69) is 0 Å². The molecule has 0 saturated carbocycles. The molecule has 0 aromatic heterocycles. The van der Waals surface area contributed by atoms with Gasteiger partial charge in [-0.3, -0.25) is 9.59 Å². The molecule has 0 amide bonds. The van der Waals surface area contributed by atoms with E-state index < -0.39 is 11.8 Å². The van der Waals surface area contributed by atoms with Crippen LogP contribution in [0.5, 0.6) is 0 Å². The van der Waals surface area contributed by atoms with Gasteiger partial charge >= 0.3 is 0 Å². The maximum atomic E-state index is 14.6. The maximum absolute atomic E-state index is 14.6. The number of carbonyl (C=O) groups excluding carboxylic acids is 2. The van der Waals surface area contributed by atoms with E-state index in [0.717, 1.165) is 33.4 Å². The fraction of sp³-hybridized carbons (Fsp3) is 0.174. The normalized spacial score (nSPS) is 12.0. The van der Waals surface area contributed by atoms with Crippen LogP contribution in [0.2, 0.25) is 0 Å². The van der Waals surface area contributed by atoms with Crippen LogP contribution in [0, 0.1) is 23.3 Å². The zero-order valence-corrected chi connectivity index (χ0v) is 29.2. The number of hydrogen-bond acceptors (Lipinski definition) is 2. The van der Waals surface area contributed by atoms with Gasteiger partial charge < -0.3 is 0 Å². The van der Waals surface area contributed by atoms with Gasteiger partial charge in [-0.15, -0.1) is 0 Å². The highest BCUT2D eigenvalue weighted by molar-refractivity contribution is 5.86. The average molecular weight is 701 g/mol. The first-order valence-electron chi connectivity index (χ1n) is 17.3. The van der Waals surface area contributed by atoms with Crippen LogP contribution >= 0.6 is 0 Å². The van der Waals surface area contributed by atoms with Gasteiger partial charge in [-0.05, 0) is 93.7 Å². The van der Waals surface area contributed by atoms with Gasteiger partial charge in [0.15, 0.2) is 0 Å². The zero-order chi connectivity index (χ0) is 37.0. The molecule has 264 valence electrons. The Hall–Kier alpha value is -5.62. The largest absolute Gasteiger partial charge is 0.299 e. The van der Waals surface area contributed by atoms with E-state index in [0.29, 0.717) is 24.0 Å². The molecule has 6 rings (SSSR count). The van der Waals surface area contributed by atoms with Crippen molar-refractivity contribution in [1.82, 2.24) is 0 Å². The molecule has 0 N–H and O–H groups in total. The van der Waals surface area contributed by atoms with E-state index in [1.165, 1.54) is 36.4 Å². The smallest absolute Gasteiger partial charge is 0.140 e. The van der Waals surface area contributed by atoms with E-state index in [4.69, 9.17) is 0 Å². The van der Waals surface area contributed by atoms with Gasteiger partial charge in [0, 0.05) is 24.7 Å². The number of aryl methyl sites for hydroxylation is 2. The van der Waals surface area contributed by atoms with Gasteiger partial charge in [-0.2, -0.15) is 0 Å². The number of Topliss-reactive ketones (excluding diaryl/α,β-unsaturated/α-hetero) is 2. The fourth-order valence-corrected chi connectivity index (χ4v) is 6.08. The molecule has 2 atom stereocenters. The Morgan fingerprint density at radius 3 is 1.17 bits per heavy atom. The van der Waals surface area contributed by atoms with Gasteiger partial charge in [-0.1, -0.05) is 123 Å². The van der Waals surface area contributed by atoms with Gasteiger partial charge in [-0.25, -0.2) is 17.6 Å². The van der Waals surface area contributed by atoms with Crippen LogP contribution in [0.15, 0.2) is 146 Å². The topological polar surface area (TPSA) is 34.1 Å². The molecular weight excluding hydrogens is 660 g/mol. The lowest BCUT2D eigenvalue weighted by molar-refractivity contribution is -0.121. The molecule has 0 bridgehead atoms. The van der Waals surface area contributed by atoms with E-state index in [-0.39, 0.29) is 47.7 Å². The van der Waals surface area contributed by atoms with Crippen molar-refractivity contribution in [2.75, 3.05) is 0 Å². The number of ketones is 2. The SMILES string of the molecule is CC(C(=O)CCc1cccc(F)c1)c1ccc(-c2ccccc2)cc1F.CC(C(=O)CCc1cccc(F)c1)c1ccc(-c2ccccc2)cc1F. The number of halogens is 4. The molecule has 6 heteroatoms. The molecule has 6 aromatic carbocycles. The molecule has 0 saturated heterocycles. The second-order valence-corrected chi connectivity index (χ2v) is 12.8. The number of carbonyl (C=O) groups is 2. The lowest BCUT2D eigenvalue weighted by atomic mass is 9.91. The number of rotatable bonds is 12. The van der Waals surface area contributed by atoms with Crippen LogP contribution in [0.1, 0.15) is 60.8 Å². The Bertz CT molecular complexity index is 1960. The van der Waals surface area contributed by atoms with Gasteiger partial charge in [0.2, 0.25) is 0 Å². The second kappa shape index (κ2) is 18.0. The monoisotopic (exact) mass is 700 g/mol. The molecule has 0 fully saturated rings. The summed E-state index contributed by atoms with van der Waals surface area (Å²) in [5.74, 6) is -2.56. The van der Waals surface area contributed by atoms with Gasteiger partial charge in [0.25, 0.3) is 0 Å². The standard InChI is InChI=1S/2C23H20F2O/c2*1-16(23(26)13-10-17-6-5-9-20(24)14-17)21-12-11-19(15-22(21)25)18-7-3-2-4-8-18/h2*2-9,11-12,14-16H,10,13H2,1H3. The van der Waals surface area contributed by atoms with Gasteiger partial charge in [0.1, 0.15) is 34.8 Å². The van der Waals surface area contributed by atoms with Crippen LogP contribution in [-0.2, 0) is 22.4 Å². The van der Waals surface area contributed by atoms with E-state index >= 15 is 0 Å². The summed E-state index contributed by atoms with van der Waals surface area (Å²) in [4.78, 5) is 24.9.